The molecule has 1 fully saturated rings. The van der Waals surface area contributed by atoms with Crippen molar-refractivity contribution >= 4 is 26.0 Å². The van der Waals surface area contributed by atoms with Crippen LogP contribution in [-0.4, -0.2) is 21.5 Å². The van der Waals surface area contributed by atoms with Crippen molar-refractivity contribution < 1.29 is 8.42 Å². The molecular formula is C14H21BrN2O2S. The van der Waals surface area contributed by atoms with Crippen molar-refractivity contribution in [1.82, 2.24) is 10.0 Å². The molecule has 2 atom stereocenters. The van der Waals surface area contributed by atoms with E-state index in [0.717, 1.165) is 24.8 Å². The molecule has 2 rings (SSSR count). The van der Waals surface area contributed by atoms with Gasteiger partial charge in [0.25, 0.3) is 0 Å². The first-order chi connectivity index (χ1) is 9.47. The molecule has 2 N–H and O–H groups in total. The summed E-state index contributed by atoms with van der Waals surface area (Å²) in [5, 5.41) is 3.05. The summed E-state index contributed by atoms with van der Waals surface area (Å²) in [7, 11) is -1.57. The lowest BCUT2D eigenvalue weighted by Crippen LogP contribution is -2.27. The minimum Gasteiger partial charge on any atom is -0.316 e. The van der Waals surface area contributed by atoms with Gasteiger partial charge in [0, 0.05) is 17.1 Å². The molecule has 1 aromatic carbocycles. The highest BCUT2D eigenvalue weighted by Gasteiger charge is 2.39. The third kappa shape index (κ3) is 3.81. The first kappa shape index (κ1) is 15.9. The third-order valence-corrected chi connectivity index (χ3v) is 6.02. The Hall–Kier alpha value is -0.430. The van der Waals surface area contributed by atoms with E-state index in [0.29, 0.717) is 21.8 Å². The molecule has 0 amide bonds. The quantitative estimate of drug-likeness (QED) is 0.785. The highest BCUT2D eigenvalue weighted by molar-refractivity contribution is 9.10. The van der Waals surface area contributed by atoms with E-state index >= 15 is 0 Å². The monoisotopic (exact) mass is 360 g/mol. The van der Waals surface area contributed by atoms with Gasteiger partial charge in [-0.2, -0.15) is 0 Å². The topological polar surface area (TPSA) is 58.2 Å². The zero-order valence-electron chi connectivity index (χ0n) is 11.8. The van der Waals surface area contributed by atoms with Crippen molar-refractivity contribution in [2.45, 2.75) is 43.7 Å². The predicted molar refractivity (Wildman–Crippen MR) is 84.0 cm³/mol. The molecule has 0 radical (unpaired) electrons. The molecule has 0 bridgehead atoms. The maximum Gasteiger partial charge on any atom is 0.241 e. The number of hydrogen-bond donors (Lipinski definition) is 2. The van der Waals surface area contributed by atoms with Crippen LogP contribution < -0.4 is 10.0 Å². The van der Waals surface area contributed by atoms with Crippen LogP contribution >= 0.6 is 15.9 Å². The van der Waals surface area contributed by atoms with Crippen LogP contribution in [0.2, 0.25) is 0 Å². The van der Waals surface area contributed by atoms with Crippen molar-refractivity contribution in [2.75, 3.05) is 7.05 Å². The molecule has 0 heterocycles. The second-order valence-corrected chi connectivity index (χ2v) is 7.84. The molecule has 2 unspecified atom stereocenters. The lowest BCUT2D eigenvalue weighted by Gasteiger charge is -2.10. The molecule has 4 nitrogen and oxygen atoms in total. The van der Waals surface area contributed by atoms with E-state index in [1.54, 1.807) is 6.07 Å². The van der Waals surface area contributed by atoms with Gasteiger partial charge in [-0.25, -0.2) is 13.1 Å². The molecule has 20 heavy (non-hydrogen) atoms. The summed E-state index contributed by atoms with van der Waals surface area (Å²) in [6.07, 6.45) is 3.16. The first-order valence-corrected chi connectivity index (χ1v) is 9.21. The molecular weight excluding hydrogens is 340 g/mol. The highest BCUT2D eigenvalue weighted by Crippen LogP contribution is 2.36. The normalized spacial score (nSPS) is 21.9. The smallest absolute Gasteiger partial charge is 0.241 e. The van der Waals surface area contributed by atoms with E-state index in [2.05, 4.69) is 32.9 Å². The van der Waals surface area contributed by atoms with Crippen LogP contribution in [0.3, 0.4) is 0 Å². The minimum absolute atomic E-state index is 0.115. The second kappa shape index (κ2) is 6.56. The lowest BCUT2D eigenvalue weighted by atomic mass is 10.2. The number of sulfonamides is 1. The van der Waals surface area contributed by atoms with Crippen LogP contribution in [0.4, 0.5) is 0 Å². The maximum atomic E-state index is 12.4. The summed E-state index contributed by atoms with van der Waals surface area (Å²) in [6, 6.07) is 5.47. The standard InChI is InChI=1S/C14H21BrN2O2S/c1-3-4-11-8-13(11)17-20(18,19)14-6-5-10(9-16-2)7-12(14)15/h5-7,11,13,16-17H,3-4,8-9H2,1-2H3. The Morgan fingerprint density at radius 2 is 2.15 bits per heavy atom. The molecule has 1 saturated carbocycles. The largest absolute Gasteiger partial charge is 0.316 e. The maximum absolute atomic E-state index is 12.4. The van der Waals surface area contributed by atoms with Gasteiger partial charge in [-0.3, -0.25) is 0 Å². The summed E-state index contributed by atoms with van der Waals surface area (Å²) >= 11 is 3.36. The van der Waals surface area contributed by atoms with Crippen molar-refractivity contribution in [3.05, 3.63) is 28.2 Å². The zero-order valence-corrected chi connectivity index (χ0v) is 14.2. The van der Waals surface area contributed by atoms with E-state index in [9.17, 15) is 8.42 Å². The van der Waals surface area contributed by atoms with Gasteiger partial charge in [-0.15, -0.1) is 0 Å². The molecule has 0 spiro atoms. The van der Waals surface area contributed by atoms with Crippen molar-refractivity contribution in [1.29, 1.82) is 0 Å². The van der Waals surface area contributed by atoms with E-state index in [1.807, 2.05) is 19.2 Å². The van der Waals surface area contributed by atoms with Gasteiger partial charge in [-0.1, -0.05) is 19.4 Å². The van der Waals surface area contributed by atoms with Crippen LogP contribution in [0.5, 0.6) is 0 Å². The fourth-order valence-electron chi connectivity index (χ4n) is 2.42. The van der Waals surface area contributed by atoms with E-state index in [1.165, 1.54) is 0 Å². The van der Waals surface area contributed by atoms with E-state index in [4.69, 9.17) is 0 Å². The zero-order chi connectivity index (χ0) is 14.8. The Balaban J connectivity index is 2.10. The van der Waals surface area contributed by atoms with Gasteiger partial charge in [0.1, 0.15) is 0 Å². The fourth-order valence-corrected chi connectivity index (χ4v) is 4.86. The molecule has 0 saturated heterocycles. The number of rotatable bonds is 7. The second-order valence-electron chi connectivity index (χ2n) is 5.31. The van der Waals surface area contributed by atoms with Gasteiger partial charge >= 0.3 is 0 Å². The van der Waals surface area contributed by atoms with Gasteiger partial charge < -0.3 is 5.32 Å². The van der Waals surface area contributed by atoms with Crippen molar-refractivity contribution in [3.63, 3.8) is 0 Å². The summed E-state index contributed by atoms with van der Waals surface area (Å²) in [5.74, 6) is 0.511. The van der Waals surface area contributed by atoms with E-state index in [-0.39, 0.29) is 6.04 Å². The summed E-state index contributed by atoms with van der Waals surface area (Å²) in [5.41, 5.74) is 1.05. The molecule has 112 valence electrons. The molecule has 0 aromatic heterocycles. The fraction of sp³-hybridized carbons (Fsp3) is 0.571. The number of halogens is 1. The number of nitrogens with one attached hydrogen (secondary N) is 2. The third-order valence-electron chi connectivity index (χ3n) is 3.56. The first-order valence-electron chi connectivity index (χ1n) is 6.93. The summed E-state index contributed by atoms with van der Waals surface area (Å²) in [6.45, 7) is 2.84. The average molecular weight is 361 g/mol. The average Bonchev–Trinajstić information content (AvgIpc) is 3.07. The highest BCUT2D eigenvalue weighted by atomic mass is 79.9. The van der Waals surface area contributed by atoms with Crippen LogP contribution in [0.25, 0.3) is 0 Å². The number of benzene rings is 1. The number of hydrogen-bond acceptors (Lipinski definition) is 3. The Morgan fingerprint density at radius 3 is 2.75 bits per heavy atom. The van der Waals surface area contributed by atoms with Crippen LogP contribution in [0.1, 0.15) is 31.7 Å². The van der Waals surface area contributed by atoms with Crippen LogP contribution in [-0.2, 0) is 16.6 Å². The van der Waals surface area contributed by atoms with Gasteiger partial charge in [-0.05, 0) is 59.4 Å². The van der Waals surface area contributed by atoms with E-state index < -0.39 is 10.0 Å². The van der Waals surface area contributed by atoms with Crippen LogP contribution in [0.15, 0.2) is 27.6 Å². The molecule has 0 aliphatic heterocycles. The Kier molecular flexibility index (Phi) is 5.23. The van der Waals surface area contributed by atoms with Crippen molar-refractivity contribution in [2.24, 2.45) is 5.92 Å². The minimum atomic E-state index is -3.43. The summed E-state index contributed by atoms with van der Waals surface area (Å²) in [4.78, 5) is 0.319. The van der Waals surface area contributed by atoms with Crippen LogP contribution in [0, 0.1) is 5.92 Å². The Bertz CT molecular complexity index is 575. The van der Waals surface area contributed by atoms with Crippen molar-refractivity contribution in [3.8, 4) is 0 Å². The summed E-state index contributed by atoms with van der Waals surface area (Å²) < 4.78 is 28.1. The lowest BCUT2D eigenvalue weighted by molar-refractivity contribution is 0.572. The SMILES string of the molecule is CCCC1CC1NS(=O)(=O)c1ccc(CNC)cc1Br. The Labute approximate surface area is 129 Å². The molecule has 6 heteroatoms. The van der Waals surface area contributed by atoms with Gasteiger partial charge in [0.05, 0.1) is 4.90 Å². The molecule has 1 aliphatic rings. The predicted octanol–water partition coefficient (Wildman–Crippen LogP) is 2.64. The van der Waals surface area contributed by atoms with Gasteiger partial charge in [0.15, 0.2) is 0 Å². The van der Waals surface area contributed by atoms with Gasteiger partial charge in [0.2, 0.25) is 10.0 Å². The Morgan fingerprint density at radius 1 is 1.40 bits per heavy atom. The molecule has 1 aromatic rings. The molecule has 1 aliphatic carbocycles.